The molecular formula is C24H29NO4S. The van der Waals surface area contributed by atoms with Gasteiger partial charge in [-0.15, -0.1) is 0 Å². The summed E-state index contributed by atoms with van der Waals surface area (Å²) in [7, 11) is 4.97. The highest BCUT2D eigenvalue weighted by atomic mass is 32.2. The van der Waals surface area contributed by atoms with Crippen molar-refractivity contribution in [3.05, 3.63) is 54.0 Å². The number of nitrogens with zero attached hydrogens (tertiary/aromatic N) is 1. The number of rotatable bonds is 8. The maximum atomic E-state index is 5.83. The summed E-state index contributed by atoms with van der Waals surface area (Å²) in [5.41, 5.74) is 1.14. The van der Waals surface area contributed by atoms with Crippen molar-refractivity contribution in [2.24, 2.45) is 0 Å². The summed E-state index contributed by atoms with van der Waals surface area (Å²) < 4.78 is 22.4. The Morgan fingerprint density at radius 2 is 1.73 bits per heavy atom. The largest absolute Gasteiger partial charge is 0.493 e. The second kappa shape index (κ2) is 9.67. The number of fused-ring (bicyclic) bond motifs is 1. The number of hydrogen-bond acceptors (Lipinski definition) is 6. The highest BCUT2D eigenvalue weighted by Crippen LogP contribution is 2.42. The first-order valence-corrected chi connectivity index (χ1v) is 11.3. The topological polar surface area (TPSA) is 44.1 Å². The van der Waals surface area contributed by atoms with E-state index in [0.717, 1.165) is 42.5 Å². The molecule has 0 saturated carbocycles. The van der Waals surface area contributed by atoms with Crippen LogP contribution in [0.1, 0.15) is 24.2 Å². The van der Waals surface area contributed by atoms with Gasteiger partial charge in [0, 0.05) is 27.3 Å². The Hall–Kier alpha value is -2.31. The molecule has 6 heteroatoms. The first-order valence-electron chi connectivity index (χ1n) is 10.3. The number of furan rings is 1. The van der Waals surface area contributed by atoms with Crippen molar-refractivity contribution in [3.8, 4) is 17.2 Å². The normalized spacial score (nSPS) is 15.4. The Morgan fingerprint density at radius 1 is 0.967 bits per heavy atom. The van der Waals surface area contributed by atoms with E-state index in [4.69, 9.17) is 18.6 Å². The standard InChI is InChI=1S/C24H29NO4S/c1-26-21-9-8-18(23(27-2)24(21)28-3)16-30-19-10-12-25(13-11-19)14-22-20-7-5-4-6-17(20)15-29-22/h4-9,15,19H,10-14,16H2,1-3H3. The minimum Gasteiger partial charge on any atom is -0.493 e. The van der Waals surface area contributed by atoms with E-state index in [1.165, 1.54) is 23.6 Å². The first kappa shape index (κ1) is 20.9. The van der Waals surface area contributed by atoms with Crippen molar-refractivity contribution in [2.75, 3.05) is 34.4 Å². The van der Waals surface area contributed by atoms with Crippen LogP contribution in [-0.4, -0.2) is 44.6 Å². The molecule has 0 unspecified atom stereocenters. The van der Waals surface area contributed by atoms with Gasteiger partial charge in [0.15, 0.2) is 11.5 Å². The molecule has 0 atom stereocenters. The number of ether oxygens (including phenoxy) is 3. The zero-order chi connectivity index (χ0) is 20.9. The van der Waals surface area contributed by atoms with Crippen molar-refractivity contribution in [2.45, 2.75) is 30.4 Å². The second-order valence-corrected chi connectivity index (χ2v) is 8.81. The van der Waals surface area contributed by atoms with Crippen LogP contribution in [0.5, 0.6) is 17.2 Å². The van der Waals surface area contributed by atoms with Gasteiger partial charge >= 0.3 is 0 Å². The van der Waals surface area contributed by atoms with Gasteiger partial charge < -0.3 is 18.6 Å². The molecule has 160 valence electrons. The van der Waals surface area contributed by atoms with E-state index >= 15 is 0 Å². The fraction of sp³-hybridized carbons (Fsp3) is 0.417. The maximum Gasteiger partial charge on any atom is 0.203 e. The van der Waals surface area contributed by atoms with Gasteiger partial charge in [-0.2, -0.15) is 11.8 Å². The van der Waals surface area contributed by atoms with Crippen LogP contribution >= 0.6 is 11.8 Å². The van der Waals surface area contributed by atoms with E-state index in [9.17, 15) is 0 Å². The molecule has 0 radical (unpaired) electrons. The predicted molar refractivity (Wildman–Crippen MR) is 122 cm³/mol. The van der Waals surface area contributed by atoms with E-state index in [-0.39, 0.29) is 0 Å². The van der Waals surface area contributed by atoms with Crippen LogP contribution in [0.3, 0.4) is 0 Å². The van der Waals surface area contributed by atoms with E-state index in [2.05, 4.69) is 35.2 Å². The number of thioether (sulfide) groups is 1. The minimum atomic E-state index is 0.646. The molecule has 2 heterocycles. The molecule has 1 saturated heterocycles. The van der Waals surface area contributed by atoms with Crippen LogP contribution in [0.4, 0.5) is 0 Å². The number of likely N-dealkylation sites (tertiary alicyclic amines) is 1. The molecule has 4 rings (SSSR count). The summed E-state index contributed by atoms with van der Waals surface area (Å²) in [6.07, 6.45) is 4.22. The molecule has 30 heavy (non-hydrogen) atoms. The van der Waals surface area contributed by atoms with E-state index < -0.39 is 0 Å². The van der Waals surface area contributed by atoms with Crippen molar-refractivity contribution in [1.82, 2.24) is 4.90 Å². The maximum absolute atomic E-state index is 5.83. The average Bonchev–Trinajstić information content (AvgIpc) is 3.20. The summed E-state index contributed by atoms with van der Waals surface area (Å²) in [6.45, 7) is 3.07. The molecule has 1 aromatic heterocycles. The van der Waals surface area contributed by atoms with Gasteiger partial charge in [-0.3, -0.25) is 4.90 Å². The van der Waals surface area contributed by atoms with Gasteiger partial charge in [-0.05, 0) is 32.0 Å². The Bertz CT molecular complexity index is 978. The van der Waals surface area contributed by atoms with Crippen LogP contribution in [0.2, 0.25) is 0 Å². The molecule has 1 aliphatic rings. The highest BCUT2D eigenvalue weighted by molar-refractivity contribution is 7.99. The number of hydrogen-bond donors (Lipinski definition) is 0. The lowest BCUT2D eigenvalue weighted by Crippen LogP contribution is -2.34. The van der Waals surface area contributed by atoms with Gasteiger partial charge in [0.2, 0.25) is 5.75 Å². The zero-order valence-corrected chi connectivity index (χ0v) is 18.7. The lowest BCUT2D eigenvalue weighted by Gasteiger charge is -2.31. The molecule has 0 spiro atoms. The van der Waals surface area contributed by atoms with Crippen LogP contribution in [0, 0.1) is 0 Å². The van der Waals surface area contributed by atoms with E-state index in [1.807, 2.05) is 24.1 Å². The van der Waals surface area contributed by atoms with Gasteiger partial charge in [0.1, 0.15) is 5.76 Å². The third-order valence-corrected chi connectivity index (χ3v) is 7.17. The van der Waals surface area contributed by atoms with E-state index in [1.54, 1.807) is 21.3 Å². The Balaban J connectivity index is 1.32. The molecular weight excluding hydrogens is 398 g/mol. The van der Waals surface area contributed by atoms with Crippen molar-refractivity contribution in [1.29, 1.82) is 0 Å². The van der Waals surface area contributed by atoms with Gasteiger partial charge in [-0.1, -0.05) is 30.3 Å². The van der Waals surface area contributed by atoms with Crippen LogP contribution < -0.4 is 14.2 Å². The van der Waals surface area contributed by atoms with Crippen LogP contribution in [0.25, 0.3) is 10.8 Å². The van der Waals surface area contributed by atoms with Crippen molar-refractivity contribution < 1.29 is 18.6 Å². The molecule has 0 bridgehead atoms. The van der Waals surface area contributed by atoms with Gasteiger partial charge in [0.05, 0.1) is 34.1 Å². The molecule has 1 aliphatic heterocycles. The molecule has 3 aromatic rings. The Kier molecular flexibility index (Phi) is 6.75. The molecule has 0 N–H and O–H groups in total. The quantitative estimate of drug-likeness (QED) is 0.482. The number of benzene rings is 2. The smallest absolute Gasteiger partial charge is 0.203 e. The molecule has 5 nitrogen and oxygen atoms in total. The Morgan fingerprint density at radius 3 is 2.47 bits per heavy atom. The van der Waals surface area contributed by atoms with Gasteiger partial charge in [0.25, 0.3) is 0 Å². The third kappa shape index (κ3) is 4.40. The highest BCUT2D eigenvalue weighted by Gasteiger charge is 2.22. The molecule has 2 aromatic carbocycles. The second-order valence-electron chi connectivity index (χ2n) is 7.53. The van der Waals surface area contributed by atoms with Crippen LogP contribution in [0.15, 0.2) is 47.1 Å². The Labute approximate surface area is 182 Å². The fourth-order valence-corrected chi connectivity index (χ4v) is 5.28. The lowest BCUT2D eigenvalue weighted by atomic mass is 10.1. The van der Waals surface area contributed by atoms with Crippen LogP contribution in [-0.2, 0) is 12.3 Å². The summed E-state index contributed by atoms with van der Waals surface area (Å²) in [6, 6.07) is 12.4. The van der Waals surface area contributed by atoms with Crippen molar-refractivity contribution in [3.63, 3.8) is 0 Å². The fourth-order valence-electron chi connectivity index (χ4n) is 4.10. The number of methoxy groups -OCH3 is 3. The molecule has 0 amide bonds. The summed E-state index contributed by atoms with van der Waals surface area (Å²) in [4.78, 5) is 2.50. The molecule has 1 fully saturated rings. The van der Waals surface area contributed by atoms with E-state index in [0.29, 0.717) is 16.7 Å². The zero-order valence-electron chi connectivity index (χ0n) is 17.8. The lowest BCUT2D eigenvalue weighted by molar-refractivity contribution is 0.209. The summed E-state index contributed by atoms with van der Waals surface area (Å²) in [5.74, 6) is 4.11. The number of piperidine rings is 1. The first-order chi connectivity index (χ1) is 14.7. The SMILES string of the molecule is COc1ccc(CSC2CCN(Cc3occ4ccccc34)CC2)c(OC)c1OC. The summed E-state index contributed by atoms with van der Waals surface area (Å²) >= 11 is 2.00. The average molecular weight is 428 g/mol. The van der Waals surface area contributed by atoms with Gasteiger partial charge in [-0.25, -0.2) is 0 Å². The van der Waals surface area contributed by atoms with Crippen molar-refractivity contribution >= 4 is 22.5 Å². The summed E-state index contributed by atoms with van der Waals surface area (Å²) in [5, 5.41) is 3.06. The monoisotopic (exact) mass is 427 g/mol. The predicted octanol–water partition coefficient (Wildman–Crippen LogP) is 5.36. The third-order valence-electron chi connectivity index (χ3n) is 5.75. The minimum absolute atomic E-state index is 0.646. The molecule has 0 aliphatic carbocycles.